The third-order valence-electron chi connectivity index (χ3n) is 9.94. The minimum atomic E-state index is -0.0655. The van der Waals surface area contributed by atoms with E-state index in [1.54, 1.807) is 6.07 Å². The molecule has 0 spiro atoms. The quantitative estimate of drug-likeness (QED) is 0.0393. The maximum atomic E-state index is 12.2. The predicted molar refractivity (Wildman–Crippen MR) is 236 cm³/mol. The number of thioether (sulfide) groups is 1. The SMILES string of the molecule is Nc1ncnc2c1nc(Sc1cc(Cl)cc(Cl)c1)n2CCCCCCCCNC(=O)CCOCCOCCOCCOCCNC(=O)CCCC[C@H]1SC[C@@H]2NC(=O)N[C@@H]21. The van der Waals surface area contributed by atoms with Gasteiger partial charge in [0.15, 0.2) is 22.1 Å². The number of hydrogen-bond donors (Lipinski definition) is 5. The number of carbonyl (C=O) groups is 3. The summed E-state index contributed by atoms with van der Waals surface area (Å²) in [4.78, 5) is 49.9. The molecule has 0 unspecified atom stereocenters. The maximum Gasteiger partial charge on any atom is 0.315 e. The third-order valence-corrected chi connectivity index (χ3v) is 12.9. The van der Waals surface area contributed by atoms with Gasteiger partial charge in [0.1, 0.15) is 6.33 Å². The second kappa shape index (κ2) is 27.1. The van der Waals surface area contributed by atoms with Crippen LogP contribution in [0.4, 0.5) is 10.6 Å². The Morgan fingerprint density at radius 2 is 1.45 bits per heavy atom. The fourth-order valence-electron chi connectivity index (χ4n) is 6.88. The molecule has 2 aliphatic rings. The lowest BCUT2D eigenvalue weighted by atomic mass is 10.0. The molecule has 2 saturated heterocycles. The average Bonchev–Trinajstić information content (AvgIpc) is 3.89. The fraction of sp³-hybridized carbons (Fsp3) is 0.650. The number of ether oxygens (including phenoxy) is 4. The van der Waals surface area contributed by atoms with Crippen LogP contribution in [-0.4, -0.2) is 126 Å². The van der Waals surface area contributed by atoms with Gasteiger partial charge in [0.2, 0.25) is 11.8 Å². The van der Waals surface area contributed by atoms with Crippen molar-refractivity contribution in [3.8, 4) is 0 Å². The number of hydrogen-bond acceptors (Lipinski definition) is 13. The summed E-state index contributed by atoms with van der Waals surface area (Å²) in [6.07, 6.45) is 11.3. The molecule has 3 atom stereocenters. The zero-order chi connectivity index (χ0) is 42.4. The van der Waals surface area contributed by atoms with Crippen LogP contribution in [0.3, 0.4) is 0 Å². The molecule has 332 valence electrons. The number of nitrogen functional groups attached to an aromatic ring is 1. The van der Waals surface area contributed by atoms with Gasteiger partial charge in [-0.05, 0) is 43.9 Å². The zero-order valence-corrected chi connectivity index (χ0v) is 37.2. The lowest BCUT2D eigenvalue weighted by Crippen LogP contribution is -2.36. The Labute approximate surface area is 370 Å². The molecule has 0 aliphatic carbocycles. The van der Waals surface area contributed by atoms with Gasteiger partial charge in [-0.3, -0.25) is 9.59 Å². The number of amides is 4. The minimum absolute atomic E-state index is 0.0112. The van der Waals surface area contributed by atoms with Crippen molar-refractivity contribution in [3.63, 3.8) is 0 Å². The molecule has 4 heterocycles. The van der Waals surface area contributed by atoms with Gasteiger partial charge in [0.05, 0.1) is 64.9 Å². The highest BCUT2D eigenvalue weighted by atomic mass is 35.5. The van der Waals surface area contributed by atoms with E-state index in [1.165, 1.54) is 18.1 Å². The van der Waals surface area contributed by atoms with E-state index in [4.69, 9.17) is 52.9 Å². The molecule has 20 heteroatoms. The Kier molecular flexibility index (Phi) is 21.6. The van der Waals surface area contributed by atoms with E-state index < -0.39 is 0 Å². The first kappa shape index (κ1) is 47.9. The molecule has 2 aromatic heterocycles. The van der Waals surface area contributed by atoms with Crippen LogP contribution in [0.2, 0.25) is 10.0 Å². The van der Waals surface area contributed by atoms with Crippen molar-refractivity contribution in [3.05, 3.63) is 34.6 Å². The molecule has 0 saturated carbocycles. The number of nitrogens with two attached hydrogens (primary N) is 1. The second-order valence-electron chi connectivity index (χ2n) is 14.6. The van der Waals surface area contributed by atoms with Crippen molar-refractivity contribution in [1.29, 1.82) is 0 Å². The van der Waals surface area contributed by atoms with E-state index >= 15 is 0 Å². The first-order valence-electron chi connectivity index (χ1n) is 20.9. The largest absolute Gasteiger partial charge is 0.382 e. The molecule has 0 bridgehead atoms. The number of rotatable bonds is 31. The van der Waals surface area contributed by atoms with Gasteiger partial charge < -0.3 is 50.5 Å². The molecule has 0 radical (unpaired) electrons. The molecule has 16 nitrogen and oxygen atoms in total. The van der Waals surface area contributed by atoms with Gasteiger partial charge in [-0.1, -0.05) is 67.1 Å². The van der Waals surface area contributed by atoms with Gasteiger partial charge in [0, 0.05) is 58.4 Å². The molecule has 2 fully saturated rings. The fourth-order valence-corrected chi connectivity index (χ4v) is 10.1. The summed E-state index contributed by atoms with van der Waals surface area (Å²) in [5.41, 5.74) is 7.39. The van der Waals surface area contributed by atoms with Gasteiger partial charge in [-0.15, -0.1) is 0 Å². The van der Waals surface area contributed by atoms with Crippen molar-refractivity contribution >= 4 is 81.6 Å². The molecule has 2 aliphatic heterocycles. The lowest BCUT2D eigenvalue weighted by Gasteiger charge is -2.16. The minimum Gasteiger partial charge on any atom is -0.382 e. The Hall–Kier alpha value is -3.10. The number of unbranched alkanes of at least 4 members (excludes halogenated alkanes) is 6. The third kappa shape index (κ3) is 17.0. The van der Waals surface area contributed by atoms with Crippen LogP contribution >= 0.6 is 46.7 Å². The first-order chi connectivity index (χ1) is 29.3. The van der Waals surface area contributed by atoms with Crippen molar-refractivity contribution in [2.24, 2.45) is 0 Å². The van der Waals surface area contributed by atoms with Crippen LogP contribution in [0.25, 0.3) is 11.2 Å². The summed E-state index contributed by atoms with van der Waals surface area (Å²) in [5.74, 6) is 1.32. The van der Waals surface area contributed by atoms with E-state index in [2.05, 4.69) is 35.8 Å². The number of halogens is 2. The number of fused-ring (bicyclic) bond motifs is 2. The summed E-state index contributed by atoms with van der Waals surface area (Å²) in [5, 5.41) is 14.1. The van der Waals surface area contributed by atoms with Crippen molar-refractivity contribution in [2.75, 3.05) is 77.4 Å². The zero-order valence-electron chi connectivity index (χ0n) is 34.1. The summed E-state index contributed by atoms with van der Waals surface area (Å²) in [6.45, 7) is 5.28. The highest BCUT2D eigenvalue weighted by Gasteiger charge is 2.42. The maximum absolute atomic E-state index is 12.2. The molecular weight excluding hydrogens is 854 g/mol. The van der Waals surface area contributed by atoms with Crippen molar-refractivity contribution < 1.29 is 33.3 Å². The topological polar surface area (TPSA) is 206 Å². The normalized spacial score (nSPS) is 17.2. The monoisotopic (exact) mass is 911 g/mol. The summed E-state index contributed by atoms with van der Waals surface area (Å²) < 4.78 is 24.2. The highest BCUT2D eigenvalue weighted by Crippen LogP contribution is 2.35. The van der Waals surface area contributed by atoms with Crippen LogP contribution in [0.15, 0.2) is 34.6 Å². The van der Waals surface area contributed by atoms with Crippen LogP contribution in [0.5, 0.6) is 0 Å². The number of anilines is 1. The predicted octanol–water partition coefficient (Wildman–Crippen LogP) is 5.62. The van der Waals surface area contributed by atoms with Crippen LogP contribution in [0, 0.1) is 0 Å². The second-order valence-corrected chi connectivity index (χ2v) is 17.8. The van der Waals surface area contributed by atoms with E-state index in [0.29, 0.717) is 111 Å². The molecule has 1 aromatic carbocycles. The number of aryl methyl sites for hydroxylation is 1. The number of nitrogens with one attached hydrogen (secondary N) is 4. The molecule has 3 aromatic rings. The van der Waals surface area contributed by atoms with Gasteiger partial charge in [-0.25, -0.2) is 19.7 Å². The summed E-state index contributed by atoms with van der Waals surface area (Å²) in [6, 6.07) is 5.79. The number of benzene rings is 1. The Morgan fingerprint density at radius 1 is 0.800 bits per heavy atom. The summed E-state index contributed by atoms with van der Waals surface area (Å²) >= 11 is 15.8. The first-order valence-corrected chi connectivity index (χ1v) is 23.5. The van der Waals surface area contributed by atoms with Gasteiger partial charge in [-0.2, -0.15) is 11.8 Å². The molecule has 5 rings (SSSR count). The highest BCUT2D eigenvalue weighted by molar-refractivity contribution is 8.00. The van der Waals surface area contributed by atoms with E-state index in [9.17, 15) is 14.4 Å². The van der Waals surface area contributed by atoms with Gasteiger partial charge in [0.25, 0.3) is 0 Å². The van der Waals surface area contributed by atoms with Crippen LogP contribution < -0.4 is 27.0 Å². The average molecular weight is 913 g/mol. The van der Waals surface area contributed by atoms with E-state index in [0.717, 1.165) is 80.1 Å². The molecule has 6 N–H and O–H groups in total. The van der Waals surface area contributed by atoms with Crippen molar-refractivity contribution in [1.82, 2.24) is 40.8 Å². The summed E-state index contributed by atoms with van der Waals surface area (Å²) in [7, 11) is 0. The van der Waals surface area contributed by atoms with Crippen LogP contribution in [-0.2, 0) is 35.1 Å². The Morgan fingerprint density at radius 3 is 2.20 bits per heavy atom. The van der Waals surface area contributed by atoms with Gasteiger partial charge >= 0.3 is 6.03 Å². The molecular formula is C40H59Cl2N9O7S2. The standard InChI is InChI=1S/C40H59Cl2N9O7S2/c41-28-23-29(42)25-30(24-28)60-40-50-36-37(43)46-27-47-38(36)51(40)14-8-4-2-1-3-7-12-44-34(53)11-15-55-17-19-57-21-22-58-20-18-56-16-13-45-33(52)10-6-5-9-32-35-31(26-59-32)48-39(54)49-35/h23-25,27,31-32,35H,1-22,26H2,(H,44,53)(H,45,52)(H2,43,46,47)(H2,48,49,54)/t31-,32+,35-/m0/s1. The number of nitrogens with zero attached hydrogens (tertiary/aromatic N) is 4. The Balaban J connectivity index is 0.755. The molecule has 60 heavy (non-hydrogen) atoms. The number of urea groups is 1. The number of carbonyl (C=O) groups excluding carboxylic acids is 3. The number of imidazole rings is 1. The molecule has 4 amide bonds. The van der Waals surface area contributed by atoms with Crippen LogP contribution in [0.1, 0.15) is 70.6 Å². The van der Waals surface area contributed by atoms with E-state index in [1.807, 2.05) is 23.9 Å². The lowest BCUT2D eigenvalue weighted by molar-refractivity contribution is -0.122. The smallest absolute Gasteiger partial charge is 0.315 e. The van der Waals surface area contributed by atoms with Crippen molar-refractivity contribution in [2.45, 2.75) is 105 Å². The van der Waals surface area contributed by atoms with E-state index in [-0.39, 0.29) is 29.9 Å². The number of aromatic nitrogens is 4. The Bertz CT molecular complexity index is 1780.